The van der Waals surface area contributed by atoms with Gasteiger partial charge >= 0.3 is 10.2 Å². The molecule has 0 bridgehead atoms. The highest BCUT2D eigenvalue weighted by Crippen LogP contribution is 2.20. The second kappa shape index (κ2) is 4.86. The van der Waals surface area contributed by atoms with Crippen LogP contribution in [-0.4, -0.2) is 37.8 Å². The molecular weight excluding hydrogens is 270 g/mol. The molecule has 1 aromatic carbocycles. The van der Waals surface area contributed by atoms with Crippen molar-refractivity contribution in [2.45, 2.75) is 0 Å². The lowest BCUT2D eigenvalue weighted by molar-refractivity contribution is 0.0975. The second-order valence-electron chi connectivity index (χ2n) is 3.50. The molecule has 0 radical (unpaired) electrons. The van der Waals surface area contributed by atoms with Gasteiger partial charge in [0.15, 0.2) is 11.6 Å². The van der Waals surface area contributed by atoms with Crippen LogP contribution in [-0.2, 0) is 10.2 Å². The SMILES string of the molecule is CN(C)S(=O)(=O)NC(=O)c1cc(F)c(O)cc1F. The molecule has 0 spiro atoms. The number of benzene rings is 1. The summed E-state index contributed by atoms with van der Waals surface area (Å²) < 4.78 is 51.1. The van der Waals surface area contributed by atoms with Crippen LogP contribution in [0.1, 0.15) is 10.4 Å². The predicted molar refractivity (Wildman–Crippen MR) is 58.1 cm³/mol. The van der Waals surface area contributed by atoms with E-state index in [0.29, 0.717) is 16.4 Å². The van der Waals surface area contributed by atoms with Gasteiger partial charge in [0.2, 0.25) is 0 Å². The molecule has 2 N–H and O–H groups in total. The summed E-state index contributed by atoms with van der Waals surface area (Å²) in [4.78, 5) is 11.4. The van der Waals surface area contributed by atoms with E-state index in [1.165, 1.54) is 4.72 Å². The molecule has 1 amide bonds. The van der Waals surface area contributed by atoms with Gasteiger partial charge in [-0.15, -0.1) is 0 Å². The van der Waals surface area contributed by atoms with E-state index in [1.54, 1.807) is 0 Å². The Morgan fingerprint density at radius 3 is 2.33 bits per heavy atom. The highest BCUT2D eigenvalue weighted by atomic mass is 32.2. The van der Waals surface area contributed by atoms with Gasteiger partial charge in [-0.25, -0.2) is 13.5 Å². The van der Waals surface area contributed by atoms with Crippen LogP contribution in [0.15, 0.2) is 12.1 Å². The summed E-state index contributed by atoms with van der Waals surface area (Å²) in [6, 6.07) is 0.789. The maximum Gasteiger partial charge on any atom is 0.303 e. The van der Waals surface area contributed by atoms with Crippen LogP contribution in [0.25, 0.3) is 0 Å². The summed E-state index contributed by atoms with van der Waals surface area (Å²) in [5.74, 6) is -4.77. The zero-order valence-corrected chi connectivity index (χ0v) is 10.3. The third-order valence-corrected chi connectivity index (χ3v) is 3.39. The standard InChI is InChI=1S/C9H10F2N2O4S/c1-13(2)18(16,17)12-9(15)5-3-7(11)8(14)4-6(5)10/h3-4,14H,1-2H3,(H,12,15). The van der Waals surface area contributed by atoms with Gasteiger partial charge in [0.05, 0.1) is 5.56 Å². The number of phenolic OH excluding ortho intramolecular Hbond substituents is 1. The number of aromatic hydroxyl groups is 1. The Balaban J connectivity index is 3.10. The number of carbonyl (C=O) groups excluding carboxylic acids is 1. The van der Waals surface area contributed by atoms with Crippen molar-refractivity contribution in [1.82, 2.24) is 9.03 Å². The number of carbonyl (C=O) groups is 1. The lowest BCUT2D eigenvalue weighted by Gasteiger charge is -2.12. The molecule has 0 unspecified atom stereocenters. The fourth-order valence-electron chi connectivity index (χ4n) is 0.974. The highest BCUT2D eigenvalue weighted by Gasteiger charge is 2.22. The van der Waals surface area contributed by atoms with Gasteiger partial charge in [-0.05, 0) is 6.07 Å². The molecule has 0 saturated heterocycles. The summed E-state index contributed by atoms with van der Waals surface area (Å²) in [7, 11) is -1.79. The van der Waals surface area contributed by atoms with Crippen LogP contribution in [0.4, 0.5) is 8.78 Å². The number of nitrogens with one attached hydrogen (secondary N) is 1. The Hall–Kier alpha value is -1.74. The minimum Gasteiger partial charge on any atom is -0.505 e. The average Bonchev–Trinajstić information content (AvgIpc) is 2.22. The van der Waals surface area contributed by atoms with Crippen molar-refractivity contribution in [2.24, 2.45) is 0 Å². The Bertz CT molecular complexity index is 586. The molecule has 0 aliphatic heterocycles. The summed E-state index contributed by atoms with van der Waals surface area (Å²) in [6.07, 6.45) is 0. The monoisotopic (exact) mass is 280 g/mol. The van der Waals surface area contributed by atoms with E-state index in [-0.39, 0.29) is 0 Å². The number of rotatable bonds is 3. The maximum absolute atomic E-state index is 13.3. The van der Waals surface area contributed by atoms with Crippen LogP contribution in [0.5, 0.6) is 5.75 Å². The minimum absolute atomic E-state index is 0.381. The number of halogens is 2. The highest BCUT2D eigenvalue weighted by molar-refractivity contribution is 7.87. The van der Waals surface area contributed by atoms with E-state index < -0.39 is 39.1 Å². The van der Waals surface area contributed by atoms with Crippen molar-refractivity contribution in [2.75, 3.05) is 14.1 Å². The first kappa shape index (κ1) is 14.3. The third-order valence-electron chi connectivity index (χ3n) is 1.98. The summed E-state index contributed by atoms with van der Waals surface area (Å²) >= 11 is 0. The smallest absolute Gasteiger partial charge is 0.303 e. The lowest BCUT2D eigenvalue weighted by Crippen LogP contribution is -2.39. The van der Waals surface area contributed by atoms with Gasteiger partial charge in [-0.2, -0.15) is 12.7 Å². The van der Waals surface area contributed by atoms with E-state index >= 15 is 0 Å². The summed E-state index contributed by atoms with van der Waals surface area (Å²) in [6.45, 7) is 0. The van der Waals surface area contributed by atoms with Gasteiger partial charge in [-0.3, -0.25) is 4.79 Å². The quantitative estimate of drug-likeness (QED) is 0.828. The zero-order valence-electron chi connectivity index (χ0n) is 9.44. The average molecular weight is 280 g/mol. The molecule has 100 valence electrons. The zero-order chi connectivity index (χ0) is 14.1. The van der Waals surface area contributed by atoms with E-state index in [4.69, 9.17) is 5.11 Å². The van der Waals surface area contributed by atoms with Crippen LogP contribution in [0.2, 0.25) is 0 Å². The fraction of sp³-hybridized carbons (Fsp3) is 0.222. The lowest BCUT2D eigenvalue weighted by atomic mass is 10.2. The number of amides is 1. The van der Waals surface area contributed by atoms with Crippen molar-refractivity contribution in [3.63, 3.8) is 0 Å². The summed E-state index contributed by atoms with van der Waals surface area (Å²) in [5.41, 5.74) is -0.823. The molecule has 0 aromatic heterocycles. The predicted octanol–water partition coefficient (Wildman–Crippen LogP) is 0.207. The van der Waals surface area contributed by atoms with Crippen molar-refractivity contribution in [1.29, 1.82) is 0 Å². The first-order valence-corrected chi connectivity index (χ1v) is 6.01. The Morgan fingerprint density at radius 1 is 1.28 bits per heavy atom. The van der Waals surface area contributed by atoms with Gasteiger partial charge in [0, 0.05) is 20.2 Å². The van der Waals surface area contributed by atoms with Crippen molar-refractivity contribution in [3.8, 4) is 5.75 Å². The molecule has 0 saturated carbocycles. The molecular formula is C9H10F2N2O4S. The number of nitrogens with zero attached hydrogens (tertiary/aromatic N) is 1. The minimum atomic E-state index is -4.10. The Kier molecular flexibility index (Phi) is 3.87. The molecule has 18 heavy (non-hydrogen) atoms. The van der Waals surface area contributed by atoms with Crippen molar-refractivity contribution in [3.05, 3.63) is 29.3 Å². The molecule has 0 heterocycles. The topological polar surface area (TPSA) is 86.7 Å². The number of hydrogen-bond donors (Lipinski definition) is 2. The Morgan fingerprint density at radius 2 is 1.83 bits per heavy atom. The van der Waals surface area contributed by atoms with Crippen LogP contribution < -0.4 is 4.72 Å². The summed E-state index contributed by atoms with van der Waals surface area (Å²) in [5, 5.41) is 8.85. The molecule has 0 aliphatic carbocycles. The van der Waals surface area contributed by atoms with Crippen LogP contribution in [0.3, 0.4) is 0 Å². The largest absolute Gasteiger partial charge is 0.505 e. The van der Waals surface area contributed by atoms with Crippen LogP contribution in [0, 0.1) is 11.6 Å². The second-order valence-corrected chi connectivity index (χ2v) is 5.39. The van der Waals surface area contributed by atoms with Crippen molar-refractivity contribution >= 4 is 16.1 Å². The van der Waals surface area contributed by atoms with Gasteiger partial charge < -0.3 is 5.11 Å². The number of hydrogen-bond acceptors (Lipinski definition) is 4. The van der Waals surface area contributed by atoms with E-state index in [0.717, 1.165) is 14.1 Å². The van der Waals surface area contributed by atoms with E-state index in [2.05, 4.69) is 0 Å². The first-order valence-electron chi connectivity index (χ1n) is 4.57. The fourth-order valence-corrected chi connectivity index (χ4v) is 1.50. The molecule has 0 atom stereocenters. The molecule has 9 heteroatoms. The van der Waals surface area contributed by atoms with Crippen LogP contribution >= 0.6 is 0 Å². The van der Waals surface area contributed by atoms with Gasteiger partial charge in [0.25, 0.3) is 5.91 Å². The Labute approximate surface area is 102 Å². The van der Waals surface area contributed by atoms with E-state index in [1.807, 2.05) is 0 Å². The molecule has 0 fully saturated rings. The molecule has 1 aromatic rings. The molecule has 0 aliphatic rings. The molecule has 1 rings (SSSR count). The van der Waals surface area contributed by atoms with E-state index in [9.17, 15) is 22.0 Å². The van der Waals surface area contributed by atoms with Crippen molar-refractivity contribution < 1.29 is 27.1 Å². The van der Waals surface area contributed by atoms with Gasteiger partial charge in [0.1, 0.15) is 5.82 Å². The first-order chi connectivity index (χ1) is 8.15. The maximum atomic E-state index is 13.3. The van der Waals surface area contributed by atoms with Gasteiger partial charge in [-0.1, -0.05) is 0 Å². The number of phenols is 1. The normalized spacial score (nSPS) is 11.6. The molecule has 6 nitrogen and oxygen atoms in total. The third kappa shape index (κ3) is 2.93.